The highest BCUT2D eigenvalue weighted by Crippen LogP contribution is 2.21. The van der Waals surface area contributed by atoms with Gasteiger partial charge in [-0.3, -0.25) is 9.69 Å². The molecule has 9 nitrogen and oxygen atoms in total. The summed E-state index contributed by atoms with van der Waals surface area (Å²) in [4.78, 5) is 21.8. The number of nitrogens with one attached hydrogen (secondary N) is 1. The van der Waals surface area contributed by atoms with Crippen molar-refractivity contribution in [1.29, 1.82) is 0 Å². The van der Waals surface area contributed by atoms with Crippen LogP contribution in [0.25, 0.3) is 0 Å². The lowest BCUT2D eigenvalue weighted by Gasteiger charge is -2.39. The number of carbonyl (C=O) groups excluding carboxylic acids is 1. The van der Waals surface area contributed by atoms with Crippen LogP contribution in [0.5, 0.6) is 0 Å². The van der Waals surface area contributed by atoms with Gasteiger partial charge in [-0.1, -0.05) is 32.9 Å². The molecule has 1 fully saturated rings. The highest BCUT2D eigenvalue weighted by atomic mass is 32.2. The van der Waals surface area contributed by atoms with E-state index in [1.165, 1.54) is 11.3 Å². The Morgan fingerprint density at radius 1 is 1.19 bits per heavy atom. The third kappa shape index (κ3) is 8.69. The van der Waals surface area contributed by atoms with E-state index in [1.807, 2.05) is 30.9 Å². The van der Waals surface area contributed by atoms with Gasteiger partial charge in [-0.2, -0.15) is 0 Å². The predicted octanol–water partition coefficient (Wildman–Crippen LogP) is 1.55. The molecule has 0 aliphatic carbocycles. The molecule has 1 aromatic heterocycles. The molecule has 0 bridgehead atoms. The number of amides is 1. The molecule has 1 aliphatic heterocycles. The highest BCUT2D eigenvalue weighted by Gasteiger charge is 2.34. The Labute approximate surface area is 218 Å². The molecule has 1 saturated heterocycles. The predicted molar refractivity (Wildman–Crippen MR) is 147 cm³/mol. The average molecular weight is 521 g/mol. The second-order valence-electron chi connectivity index (χ2n) is 10.8. The first-order chi connectivity index (χ1) is 16.5. The highest BCUT2D eigenvalue weighted by molar-refractivity contribution is 7.81. The van der Waals surface area contributed by atoms with Gasteiger partial charge in [0.25, 0.3) is 0 Å². The van der Waals surface area contributed by atoms with E-state index in [4.69, 9.17) is 0 Å². The first-order valence-electron chi connectivity index (χ1n) is 12.4. The largest absolute Gasteiger partial charge is 0.412 e. The number of hydrogen-bond acceptors (Lipinski definition) is 5. The quantitative estimate of drug-likeness (QED) is 0.512. The average Bonchev–Trinajstić information content (AvgIpc) is 3.24. The standard InChI is InChI=1S/C26H42N6O2S.H2O/c1-26(2,3)12-14-30-15-16-32(35(6)34)24(19-30)25(33)28-13-11-23-17-27-20-31(23)18-21-7-9-22(10-8-21)29(4)5;/h7-10,17,20,24H,11-16,18-19H2,1-6H3,(H,28,33);1H2. The minimum absolute atomic E-state index is 0. The fraction of sp³-hybridized carbons (Fsp3) is 0.615. The lowest BCUT2D eigenvalue weighted by Crippen LogP contribution is -2.59. The number of rotatable bonds is 10. The number of imidazole rings is 1. The lowest BCUT2D eigenvalue weighted by atomic mass is 9.92. The van der Waals surface area contributed by atoms with Gasteiger partial charge in [0.2, 0.25) is 5.91 Å². The molecule has 0 spiro atoms. The van der Waals surface area contributed by atoms with Crippen molar-refractivity contribution in [3.63, 3.8) is 0 Å². The smallest absolute Gasteiger partial charge is 0.239 e. The first kappa shape index (κ1) is 30.0. The van der Waals surface area contributed by atoms with Crippen LogP contribution in [-0.2, 0) is 28.7 Å². The number of benzene rings is 1. The number of piperazine rings is 1. The van der Waals surface area contributed by atoms with E-state index in [9.17, 15) is 9.00 Å². The molecular weight excluding hydrogens is 476 g/mol. The van der Waals surface area contributed by atoms with Crippen molar-refractivity contribution < 1.29 is 14.5 Å². The minimum atomic E-state index is -1.18. The topological polar surface area (TPSA) is 105 Å². The zero-order valence-electron chi connectivity index (χ0n) is 22.7. The summed E-state index contributed by atoms with van der Waals surface area (Å²) in [5, 5.41) is 3.09. The van der Waals surface area contributed by atoms with E-state index in [1.54, 1.807) is 6.26 Å². The van der Waals surface area contributed by atoms with Crippen LogP contribution >= 0.6 is 0 Å². The van der Waals surface area contributed by atoms with Crippen LogP contribution < -0.4 is 10.2 Å². The van der Waals surface area contributed by atoms with Crippen LogP contribution in [0, 0.1) is 5.41 Å². The number of hydrogen-bond donors (Lipinski definition) is 1. The second-order valence-corrected chi connectivity index (χ2v) is 12.1. The molecular formula is C26H44N6O3S. The van der Waals surface area contributed by atoms with Gasteiger partial charge < -0.3 is 20.3 Å². The van der Waals surface area contributed by atoms with Gasteiger partial charge in [-0.15, -0.1) is 0 Å². The van der Waals surface area contributed by atoms with E-state index in [0.29, 0.717) is 26.1 Å². The van der Waals surface area contributed by atoms with Crippen LogP contribution in [0.15, 0.2) is 36.8 Å². The van der Waals surface area contributed by atoms with Crippen molar-refractivity contribution in [2.24, 2.45) is 5.41 Å². The maximum Gasteiger partial charge on any atom is 0.239 e. The summed E-state index contributed by atoms with van der Waals surface area (Å²) in [6.45, 7) is 11.0. The third-order valence-corrected chi connectivity index (χ3v) is 7.61. The van der Waals surface area contributed by atoms with E-state index >= 15 is 0 Å². The third-order valence-electron chi connectivity index (χ3n) is 6.51. The van der Waals surface area contributed by atoms with Gasteiger partial charge >= 0.3 is 0 Å². The molecule has 10 heteroatoms. The van der Waals surface area contributed by atoms with E-state index < -0.39 is 17.0 Å². The normalized spacial score (nSPS) is 17.9. The molecule has 0 saturated carbocycles. The SMILES string of the molecule is CN(C)c1ccc(Cn2cncc2CCNC(=O)C2CN(CCC(C)(C)C)CCN2S(C)=O)cc1.O. The lowest BCUT2D eigenvalue weighted by molar-refractivity contribution is -0.126. The van der Waals surface area contributed by atoms with Crippen LogP contribution in [0.3, 0.4) is 0 Å². The zero-order valence-corrected chi connectivity index (χ0v) is 23.5. The van der Waals surface area contributed by atoms with Crippen molar-refractivity contribution in [2.45, 2.75) is 46.2 Å². The maximum atomic E-state index is 13.1. The summed E-state index contributed by atoms with van der Waals surface area (Å²) in [5.74, 6) is -0.0500. The van der Waals surface area contributed by atoms with Crippen molar-refractivity contribution in [3.8, 4) is 0 Å². The molecule has 1 aliphatic rings. The molecule has 3 rings (SSSR count). The van der Waals surface area contributed by atoms with Crippen molar-refractivity contribution in [1.82, 2.24) is 24.1 Å². The summed E-state index contributed by atoms with van der Waals surface area (Å²) in [6.07, 6.45) is 7.13. The molecule has 36 heavy (non-hydrogen) atoms. The summed E-state index contributed by atoms with van der Waals surface area (Å²) in [6, 6.07) is 8.10. The van der Waals surface area contributed by atoms with Gasteiger partial charge in [0.15, 0.2) is 0 Å². The fourth-order valence-electron chi connectivity index (χ4n) is 4.27. The Balaban J connectivity index is 0.00000456. The monoisotopic (exact) mass is 520 g/mol. The van der Waals surface area contributed by atoms with Crippen LogP contribution in [0.1, 0.15) is 38.4 Å². The second kappa shape index (κ2) is 13.3. The number of nitrogens with zero attached hydrogens (tertiary/aromatic N) is 5. The minimum Gasteiger partial charge on any atom is -0.412 e. The number of aromatic nitrogens is 2. The van der Waals surface area contributed by atoms with Gasteiger partial charge in [-0.05, 0) is 36.1 Å². The summed E-state index contributed by atoms with van der Waals surface area (Å²) in [5.41, 5.74) is 3.70. The molecule has 3 N–H and O–H groups in total. The van der Waals surface area contributed by atoms with Gasteiger partial charge in [0.05, 0.1) is 17.3 Å². The zero-order chi connectivity index (χ0) is 25.6. The molecule has 2 aromatic rings. The van der Waals surface area contributed by atoms with Crippen LogP contribution in [-0.4, -0.2) is 93.5 Å². The molecule has 1 amide bonds. The van der Waals surface area contributed by atoms with Crippen molar-refractivity contribution in [3.05, 3.63) is 48.0 Å². The Bertz CT molecular complexity index is 986. The number of carbonyl (C=O) groups is 1. The molecule has 0 radical (unpaired) electrons. The molecule has 2 atom stereocenters. The Morgan fingerprint density at radius 3 is 2.50 bits per heavy atom. The van der Waals surface area contributed by atoms with E-state index in [2.05, 4.69) is 69.7 Å². The van der Waals surface area contributed by atoms with Crippen LogP contribution in [0.4, 0.5) is 5.69 Å². The van der Waals surface area contributed by atoms with Gasteiger partial charge in [0.1, 0.15) is 6.04 Å². The Morgan fingerprint density at radius 2 is 1.89 bits per heavy atom. The van der Waals surface area contributed by atoms with Gasteiger partial charge in [-0.25, -0.2) is 13.5 Å². The fourth-order valence-corrected chi connectivity index (χ4v) is 5.13. The molecule has 202 valence electrons. The van der Waals surface area contributed by atoms with Crippen molar-refractivity contribution >= 4 is 22.6 Å². The Kier molecular flexibility index (Phi) is 11.1. The summed E-state index contributed by atoms with van der Waals surface area (Å²) >= 11 is 0. The van der Waals surface area contributed by atoms with Gasteiger partial charge in [0, 0.05) is 77.1 Å². The summed E-state index contributed by atoms with van der Waals surface area (Å²) in [7, 11) is 2.89. The molecule has 2 unspecified atom stereocenters. The maximum absolute atomic E-state index is 13.1. The molecule has 2 heterocycles. The Hall–Kier alpha value is -2.27. The molecule has 1 aromatic carbocycles. The first-order valence-corrected chi connectivity index (χ1v) is 13.9. The van der Waals surface area contributed by atoms with E-state index in [-0.39, 0.29) is 16.8 Å². The van der Waals surface area contributed by atoms with Crippen LogP contribution in [0.2, 0.25) is 0 Å². The van der Waals surface area contributed by atoms with E-state index in [0.717, 1.165) is 31.7 Å². The van der Waals surface area contributed by atoms with Crippen molar-refractivity contribution in [2.75, 3.05) is 58.0 Å². The number of anilines is 1. The summed E-state index contributed by atoms with van der Waals surface area (Å²) < 4.78 is 16.2.